The Morgan fingerprint density at radius 2 is 1.80 bits per heavy atom. The lowest BCUT2D eigenvalue weighted by molar-refractivity contribution is 1.26. The molecule has 0 bridgehead atoms. The van der Waals surface area contributed by atoms with Crippen molar-refractivity contribution in [3.05, 3.63) is 66.3 Å². The smallest absolute Gasteiger partial charge is 0.129 e. The minimum absolute atomic E-state index is 0.868. The summed E-state index contributed by atoms with van der Waals surface area (Å²) in [5.74, 6) is 0.868. The van der Waals surface area contributed by atoms with Gasteiger partial charge in [0.15, 0.2) is 0 Å². The first-order chi connectivity index (χ1) is 7.45. The summed E-state index contributed by atoms with van der Waals surface area (Å²) in [4.78, 5) is 7.09. The zero-order valence-corrected chi connectivity index (χ0v) is 8.30. The monoisotopic (exact) mass is 196 g/mol. The van der Waals surface area contributed by atoms with Crippen LogP contribution in [0, 0.1) is 0 Å². The number of benzene rings is 1. The molecule has 1 heterocycles. The molecule has 0 aliphatic heterocycles. The third kappa shape index (κ3) is 2.95. The molecule has 2 nitrogen and oxygen atoms in total. The molecule has 1 aromatic heterocycles. The van der Waals surface area contributed by atoms with E-state index < -0.39 is 0 Å². The van der Waals surface area contributed by atoms with Crippen molar-refractivity contribution in [3.63, 3.8) is 0 Å². The fourth-order valence-electron chi connectivity index (χ4n) is 1.25. The van der Waals surface area contributed by atoms with Gasteiger partial charge in [-0.05, 0) is 11.6 Å². The van der Waals surface area contributed by atoms with Gasteiger partial charge in [-0.15, -0.1) is 0 Å². The maximum atomic E-state index is 4.08. The van der Waals surface area contributed by atoms with E-state index in [0.717, 1.165) is 5.82 Å². The molecular weight excluding hydrogens is 184 g/mol. The van der Waals surface area contributed by atoms with Crippen LogP contribution in [0.4, 0.5) is 0 Å². The number of hydrogen-bond acceptors (Lipinski definition) is 1. The molecule has 0 amide bonds. The summed E-state index contributed by atoms with van der Waals surface area (Å²) in [5, 5.41) is 0. The Hall–Kier alpha value is -2.09. The van der Waals surface area contributed by atoms with Gasteiger partial charge in [0.25, 0.3) is 0 Å². The van der Waals surface area contributed by atoms with Gasteiger partial charge in [-0.1, -0.05) is 48.6 Å². The second-order valence-corrected chi connectivity index (χ2v) is 3.10. The van der Waals surface area contributed by atoms with Crippen LogP contribution in [0.25, 0.3) is 12.2 Å². The molecule has 1 aromatic carbocycles. The van der Waals surface area contributed by atoms with Crippen LogP contribution in [0.5, 0.6) is 0 Å². The van der Waals surface area contributed by atoms with Crippen molar-refractivity contribution in [1.29, 1.82) is 0 Å². The van der Waals surface area contributed by atoms with E-state index >= 15 is 0 Å². The lowest BCUT2D eigenvalue weighted by Crippen LogP contribution is -1.71. The molecule has 0 atom stereocenters. The Balaban J connectivity index is 1.96. The molecule has 0 saturated heterocycles. The van der Waals surface area contributed by atoms with E-state index in [4.69, 9.17) is 0 Å². The summed E-state index contributed by atoms with van der Waals surface area (Å²) < 4.78 is 0. The van der Waals surface area contributed by atoms with Gasteiger partial charge in [0.05, 0.1) is 0 Å². The van der Waals surface area contributed by atoms with Gasteiger partial charge in [0.1, 0.15) is 5.82 Å². The molecule has 2 heteroatoms. The number of H-pyrrole nitrogens is 1. The molecule has 74 valence electrons. The first kappa shape index (κ1) is 9.46. The van der Waals surface area contributed by atoms with Crippen molar-refractivity contribution in [3.8, 4) is 0 Å². The molecule has 2 aromatic rings. The molecule has 0 aliphatic carbocycles. The maximum absolute atomic E-state index is 4.08. The van der Waals surface area contributed by atoms with Crippen LogP contribution in [0.1, 0.15) is 11.4 Å². The van der Waals surface area contributed by atoms with E-state index in [1.165, 1.54) is 5.56 Å². The standard InChI is InChI=1S/C13H12N2/c1-2-6-12(7-3-1)8-4-5-9-13-14-10-11-15-13/h1-11H,(H,14,15)/b8-4+,9-5+. The number of allylic oxidation sites excluding steroid dienone is 2. The fourth-order valence-corrected chi connectivity index (χ4v) is 1.25. The Morgan fingerprint density at radius 1 is 1.00 bits per heavy atom. The lowest BCUT2D eigenvalue weighted by Gasteiger charge is -1.88. The number of aromatic amines is 1. The summed E-state index contributed by atoms with van der Waals surface area (Å²) in [7, 11) is 0. The van der Waals surface area contributed by atoms with Gasteiger partial charge < -0.3 is 4.98 Å². The Kier molecular flexibility index (Phi) is 3.13. The normalized spacial score (nSPS) is 11.5. The van der Waals surface area contributed by atoms with Gasteiger partial charge in [-0.25, -0.2) is 4.98 Å². The van der Waals surface area contributed by atoms with E-state index in [1.54, 1.807) is 12.4 Å². The van der Waals surface area contributed by atoms with Crippen molar-refractivity contribution in [2.24, 2.45) is 0 Å². The van der Waals surface area contributed by atoms with Crippen LogP contribution in [-0.2, 0) is 0 Å². The summed E-state index contributed by atoms with van der Waals surface area (Å²) >= 11 is 0. The number of rotatable bonds is 3. The zero-order valence-electron chi connectivity index (χ0n) is 8.30. The predicted molar refractivity (Wildman–Crippen MR) is 63.1 cm³/mol. The predicted octanol–water partition coefficient (Wildman–Crippen LogP) is 3.14. The van der Waals surface area contributed by atoms with Crippen LogP contribution in [-0.4, -0.2) is 9.97 Å². The number of nitrogens with one attached hydrogen (secondary N) is 1. The molecule has 0 saturated carbocycles. The molecule has 2 rings (SSSR count). The highest BCUT2D eigenvalue weighted by atomic mass is 14.9. The summed E-state index contributed by atoms with van der Waals surface area (Å²) in [6, 6.07) is 10.2. The van der Waals surface area contributed by atoms with Gasteiger partial charge >= 0.3 is 0 Å². The molecule has 0 radical (unpaired) electrons. The highest BCUT2D eigenvalue weighted by Crippen LogP contribution is 2.01. The van der Waals surface area contributed by atoms with Crippen LogP contribution in [0.3, 0.4) is 0 Å². The van der Waals surface area contributed by atoms with Crippen molar-refractivity contribution in [2.75, 3.05) is 0 Å². The van der Waals surface area contributed by atoms with E-state index in [2.05, 4.69) is 28.2 Å². The van der Waals surface area contributed by atoms with Crippen LogP contribution in [0.15, 0.2) is 54.9 Å². The Morgan fingerprint density at radius 3 is 2.53 bits per heavy atom. The molecule has 0 fully saturated rings. The molecule has 15 heavy (non-hydrogen) atoms. The van der Waals surface area contributed by atoms with Gasteiger partial charge in [0, 0.05) is 12.4 Å². The maximum Gasteiger partial charge on any atom is 0.129 e. The highest BCUT2D eigenvalue weighted by Gasteiger charge is 1.83. The summed E-state index contributed by atoms with van der Waals surface area (Å²) in [6.45, 7) is 0. The number of hydrogen-bond donors (Lipinski definition) is 1. The second-order valence-electron chi connectivity index (χ2n) is 3.10. The number of nitrogens with zero attached hydrogens (tertiary/aromatic N) is 1. The summed E-state index contributed by atoms with van der Waals surface area (Å²) in [5.41, 5.74) is 1.20. The molecule has 0 unspecified atom stereocenters. The largest absolute Gasteiger partial charge is 0.345 e. The average molecular weight is 196 g/mol. The van der Waals surface area contributed by atoms with Gasteiger partial charge in [-0.2, -0.15) is 0 Å². The Bertz CT molecular complexity index is 439. The zero-order chi connectivity index (χ0) is 10.3. The van der Waals surface area contributed by atoms with Crippen molar-refractivity contribution >= 4 is 12.2 Å². The van der Waals surface area contributed by atoms with Crippen LogP contribution >= 0.6 is 0 Å². The third-order valence-corrected chi connectivity index (χ3v) is 1.97. The topological polar surface area (TPSA) is 28.7 Å². The van der Waals surface area contributed by atoms with Crippen molar-refractivity contribution in [1.82, 2.24) is 9.97 Å². The van der Waals surface area contributed by atoms with Crippen LogP contribution < -0.4 is 0 Å². The third-order valence-electron chi connectivity index (χ3n) is 1.97. The quantitative estimate of drug-likeness (QED) is 0.750. The van der Waals surface area contributed by atoms with E-state index in [1.807, 2.05) is 36.4 Å². The first-order valence-electron chi connectivity index (χ1n) is 4.84. The average Bonchev–Trinajstić information content (AvgIpc) is 2.79. The lowest BCUT2D eigenvalue weighted by atomic mass is 10.2. The molecular formula is C13H12N2. The number of aromatic nitrogens is 2. The summed E-state index contributed by atoms with van der Waals surface area (Å²) in [6.07, 6.45) is 11.5. The SMILES string of the molecule is C(/C=C/c1ncc[nH]1)=C\c1ccccc1. The first-order valence-corrected chi connectivity index (χ1v) is 4.84. The van der Waals surface area contributed by atoms with Crippen LogP contribution in [0.2, 0.25) is 0 Å². The van der Waals surface area contributed by atoms with Crippen molar-refractivity contribution < 1.29 is 0 Å². The minimum Gasteiger partial charge on any atom is -0.345 e. The minimum atomic E-state index is 0.868. The molecule has 0 aliphatic rings. The van der Waals surface area contributed by atoms with E-state index in [9.17, 15) is 0 Å². The van der Waals surface area contributed by atoms with Gasteiger partial charge in [-0.3, -0.25) is 0 Å². The van der Waals surface area contributed by atoms with Crippen molar-refractivity contribution in [2.45, 2.75) is 0 Å². The Labute approximate surface area is 89.0 Å². The fraction of sp³-hybridized carbons (Fsp3) is 0. The highest BCUT2D eigenvalue weighted by molar-refractivity contribution is 5.54. The molecule has 0 spiro atoms. The van der Waals surface area contributed by atoms with Gasteiger partial charge in [0.2, 0.25) is 0 Å². The van der Waals surface area contributed by atoms with E-state index in [0.29, 0.717) is 0 Å². The molecule has 1 N–H and O–H groups in total. The number of imidazole rings is 1. The van der Waals surface area contributed by atoms with E-state index in [-0.39, 0.29) is 0 Å². The second kappa shape index (κ2) is 4.96.